The van der Waals surface area contributed by atoms with Crippen molar-refractivity contribution >= 4 is 15.9 Å². The molecule has 0 radical (unpaired) electrons. The normalized spacial score (nSPS) is 35.3. The van der Waals surface area contributed by atoms with Crippen molar-refractivity contribution in [2.24, 2.45) is 5.92 Å². The quantitative estimate of drug-likeness (QED) is 0.611. The predicted molar refractivity (Wildman–Crippen MR) is 41.9 cm³/mol. The summed E-state index contributed by atoms with van der Waals surface area (Å²) in [7, 11) is 0. The molecule has 2 heteroatoms. The van der Waals surface area contributed by atoms with Gasteiger partial charge in [0, 0.05) is 4.83 Å². The van der Waals surface area contributed by atoms with Gasteiger partial charge in [0.1, 0.15) is 0 Å². The van der Waals surface area contributed by atoms with Gasteiger partial charge in [0.2, 0.25) is 0 Å². The molecule has 0 aromatic heterocycles. The van der Waals surface area contributed by atoms with E-state index in [1.54, 1.807) is 0 Å². The summed E-state index contributed by atoms with van der Waals surface area (Å²) in [6.07, 6.45) is 2.58. The van der Waals surface area contributed by atoms with Crippen molar-refractivity contribution in [2.75, 3.05) is 13.2 Å². The van der Waals surface area contributed by atoms with Crippen LogP contribution in [0.15, 0.2) is 0 Å². The lowest BCUT2D eigenvalue weighted by atomic mass is 10.0. The summed E-state index contributed by atoms with van der Waals surface area (Å²) < 4.78 is 5.28. The van der Waals surface area contributed by atoms with Crippen LogP contribution < -0.4 is 0 Å². The SMILES string of the molecule is CCCC1COCC1Br. The summed E-state index contributed by atoms with van der Waals surface area (Å²) in [4.78, 5) is 0.623. The second kappa shape index (κ2) is 3.57. The Hall–Kier alpha value is 0.440. The van der Waals surface area contributed by atoms with Gasteiger partial charge >= 0.3 is 0 Å². The summed E-state index contributed by atoms with van der Waals surface area (Å²) in [5.74, 6) is 0.773. The monoisotopic (exact) mass is 192 g/mol. The van der Waals surface area contributed by atoms with Crippen LogP contribution in [0.3, 0.4) is 0 Å². The third-order valence-corrected chi connectivity index (χ3v) is 2.79. The van der Waals surface area contributed by atoms with Crippen LogP contribution in [0, 0.1) is 5.92 Å². The molecule has 0 aliphatic carbocycles. The summed E-state index contributed by atoms with van der Waals surface area (Å²) in [6.45, 7) is 4.09. The predicted octanol–water partition coefficient (Wildman–Crippen LogP) is 2.20. The maximum Gasteiger partial charge on any atom is 0.0595 e. The van der Waals surface area contributed by atoms with Crippen LogP contribution in [0.5, 0.6) is 0 Å². The maximum atomic E-state index is 5.28. The highest BCUT2D eigenvalue weighted by Gasteiger charge is 2.24. The largest absolute Gasteiger partial charge is 0.380 e. The van der Waals surface area contributed by atoms with E-state index in [-0.39, 0.29) is 0 Å². The first-order valence-corrected chi connectivity index (χ1v) is 4.48. The Kier molecular flexibility index (Phi) is 2.99. The van der Waals surface area contributed by atoms with Crippen LogP contribution >= 0.6 is 15.9 Å². The van der Waals surface area contributed by atoms with Gasteiger partial charge in [-0.25, -0.2) is 0 Å². The molecule has 0 aromatic carbocycles. The fraction of sp³-hybridized carbons (Fsp3) is 1.00. The molecule has 2 unspecified atom stereocenters. The Labute approximate surface area is 64.9 Å². The van der Waals surface area contributed by atoms with E-state index in [1.165, 1.54) is 12.8 Å². The lowest BCUT2D eigenvalue weighted by molar-refractivity contribution is 0.184. The average Bonchev–Trinajstić information content (AvgIpc) is 2.18. The first-order valence-electron chi connectivity index (χ1n) is 3.56. The molecule has 1 saturated heterocycles. The first kappa shape index (κ1) is 7.55. The molecular formula is C7H13BrO. The first-order chi connectivity index (χ1) is 4.34. The van der Waals surface area contributed by atoms with Crippen molar-refractivity contribution in [3.63, 3.8) is 0 Å². The van der Waals surface area contributed by atoms with Crippen LogP contribution in [0.25, 0.3) is 0 Å². The molecule has 1 nitrogen and oxygen atoms in total. The number of alkyl halides is 1. The summed E-state index contributed by atoms with van der Waals surface area (Å²) in [6, 6.07) is 0. The van der Waals surface area contributed by atoms with Gasteiger partial charge in [-0.2, -0.15) is 0 Å². The van der Waals surface area contributed by atoms with Gasteiger partial charge in [0.15, 0.2) is 0 Å². The van der Waals surface area contributed by atoms with Crippen LogP contribution in [0.4, 0.5) is 0 Å². The molecule has 54 valence electrons. The molecule has 0 amide bonds. The van der Waals surface area contributed by atoms with Crippen LogP contribution in [-0.4, -0.2) is 18.0 Å². The van der Waals surface area contributed by atoms with Crippen LogP contribution in [-0.2, 0) is 4.74 Å². The van der Waals surface area contributed by atoms with Crippen LogP contribution in [0.2, 0.25) is 0 Å². The van der Waals surface area contributed by atoms with Crippen LogP contribution in [0.1, 0.15) is 19.8 Å². The van der Waals surface area contributed by atoms with Gasteiger partial charge in [-0.3, -0.25) is 0 Å². The maximum absolute atomic E-state index is 5.28. The highest BCUT2D eigenvalue weighted by Crippen LogP contribution is 2.24. The lowest BCUT2D eigenvalue weighted by Gasteiger charge is -2.08. The van der Waals surface area contributed by atoms with E-state index in [0.29, 0.717) is 4.83 Å². The smallest absolute Gasteiger partial charge is 0.0595 e. The van der Waals surface area contributed by atoms with Gasteiger partial charge in [-0.05, 0) is 12.3 Å². The zero-order valence-corrected chi connectivity index (χ0v) is 7.36. The Morgan fingerprint density at radius 2 is 2.33 bits per heavy atom. The topological polar surface area (TPSA) is 9.23 Å². The second-order valence-electron chi connectivity index (χ2n) is 2.60. The van der Waals surface area contributed by atoms with E-state index in [0.717, 1.165) is 19.1 Å². The van der Waals surface area contributed by atoms with Crippen molar-refractivity contribution in [2.45, 2.75) is 24.6 Å². The third-order valence-electron chi connectivity index (χ3n) is 1.78. The van der Waals surface area contributed by atoms with Gasteiger partial charge in [0.25, 0.3) is 0 Å². The number of rotatable bonds is 2. The Bertz CT molecular complexity index is 85.0. The minimum atomic E-state index is 0.623. The van der Waals surface area contributed by atoms with E-state index in [2.05, 4.69) is 22.9 Å². The molecule has 0 aromatic rings. The van der Waals surface area contributed by atoms with Crippen molar-refractivity contribution in [1.29, 1.82) is 0 Å². The summed E-state index contributed by atoms with van der Waals surface area (Å²) >= 11 is 3.58. The Morgan fingerprint density at radius 3 is 2.78 bits per heavy atom. The summed E-state index contributed by atoms with van der Waals surface area (Å²) in [5, 5.41) is 0. The number of hydrogen-bond acceptors (Lipinski definition) is 1. The molecule has 1 aliphatic rings. The molecule has 0 saturated carbocycles. The van der Waals surface area contributed by atoms with E-state index < -0.39 is 0 Å². The molecule has 1 fully saturated rings. The Morgan fingerprint density at radius 1 is 1.56 bits per heavy atom. The van der Waals surface area contributed by atoms with Gasteiger partial charge < -0.3 is 4.74 Å². The Balaban J connectivity index is 2.22. The fourth-order valence-corrected chi connectivity index (χ4v) is 1.81. The zero-order chi connectivity index (χ0) is 6.69. The number of halogens is 1. The van der Waals surface area contributed by atoms with E-state index >= 15 is 0 Å². The third kappa shape index (κ3) is 1.94. The second-order valence-corrected chi connectivity index (χ2v) is 3.78. The fourth-order valence-electron chi connectivity index (χ4n) is 1.21. The van der Waals surface area contributed by atoms with Crippen molar-refractivity contribution < 1.29 is 4.74 Å². The van der Waals surface area contributed by atoms with Gasteiger partial charge in [-0.1, -0.05) is 29.3 Å². The van der Waals surface area contributed by atoms with Crippen molar-refractivity contribution in [3.8, 4) is 0 Å². The molecule has 0 spiro atoms. The highest BCUT2D eigenvalue weighted by molar-refractivity contribution is 9.09. The van der Waals surface area contributed by atoms with Crippen molar-refractivity contribution in [1.82, 2.24) is 0 Å². The number of ether oxygens (including phenoxy) is 1. The standard InChI is InChI=1S/C7H13BrO/c1-2-3-6-4-9-5-7(6)8/h6-7H,2-5H2,1H3. The summed E-state index contributed by atoms with van der Waals surface area (Å²) in [5.41, 5.74) is 0. The van der Waals surface area contributed by atoms with Gasteiger partial charge in [0.05, 0.1) is 13.2 Å². The molecular weight excluding hydrogens is 180 g/mol. The number of hydrogen-bond donors (Lipinski definition) is 0. The van der Waals surface area contributed by atoms with E-state index in [4.69, 9.17) is 4.74 Å². The van der Waals surface area contributed by atoms with E-state index in [9.17, 15) is 0 Å². The molecule has 1 heterocycles. The van der Waals surface area contributed by atoms with Gasteiger partial charge in [-0.15, -0.1) is 0 Å². The molecule has 2 atom stereocenters. The molecule has 0 bridgehead atoms. The molecule has 0 N–H and O–H groups in total. The highest BCUT2D eigenvalue weighted by atomic mass is 79.9. The zero-order valence-electron chi connectivity index (χ0n) is 5.77. The minimum Gasteiger partial charge on any atom is -0.380 e. The average molecular weight is 193 g/mol. The molecule has 1 aliphatic heterocycles. The molecule has 1 rings (SSSR count). The molecule has 9 heavy (non-hydrogen) atoms. The minimum absolute atomic E-state index is 0.623. The lowest BCUT2D eigenvalue weighted by Crippen LogP contribution is -2.10. The van der Waals surface area contributed by atoms with Crippen molar-refractivity contribution in [3.05, 3.63) is 0 Å². The van der Waals surface area contributed by atoms with E-state index in [1.807, 2.05) is 0 Å².